The van der Waals surface area contributed by atoms with Gasteiger partial charge < -0.3 is 5.11 Å². The van der Waals surface area contributed by atoms with Crippen LogP contribution in [0.5, 0.6) is 0 Å². The second-order valence-corrected chi connectivity index (χ2v) is 6.41. The summed E-state index contributed by atoms with van der Waals surface area (Å²) >= 11 is 0. The van der Waals surface area contributed by atoms with Crippen molar-refractivity contribution in [1.29, 1.82) is 0 Å². The van der Waals surface area contributed by atoms with Crippen LogP contribution in [-0.2, 0) is 21.4 Å². The Balaban J connectivity index is 0.000000381. The number of rotatable bonds is 6. The normalized spacial score (nSPS) is 15.0. The fraction of sp³-hybridized carbons (Fsp3) is 0.500. The van der Waals surface area contributed by atoms with E-state index in [4.69, 9.17) is 21.5 Å². The maximum atomic E-state index is 11.0. The number of aryl methyl sites for hydroxylation is 1. The van der Waals surface area contributed by atoms with Crippen molar-refractivity contribution in [1.82, 2.24) is 9.78 Å². The minimum Gasteiger partial charge on any atom is -0.475 e. The lowest BCUT2D eigenvalue weighted by atomic mass is 10.0. The van der Waals surface area contributed by atoms with E-state index in [2.05, 4.69) is 21.2 Å². The molecular weight excluding hydrogens is 367 g/mol. The van der Waals surface area contributed by atoms with Crippen LogP contribution in [0.2, 0.25) is 0 Å². The van der Waals surface area contributed by atoms with E-state index in [0.29, 0.717) is 25.8 Å². The van der Waals surface area contributed by atoms with Gasteiger partial charge in [0, 0.05) is 32.0 Å². The van der Waals surface area contributed by atoms with Crippen LogP contribution in [-0.4, -0.2) is 41.1 Å². The van der Waals surface area contributed by atoms with E-state index in [1.54, 1.807) is 6.20 Å². The van der Waals surface area contributed by atoms with Gasteiger partial charge in [0.25, 0.3) is 10.0 Å². The molecule has 9 nitrogen and oxygen atoms in total. The Morgan fingerprint density at radius 1 is 1.40 bits per heavy atom. The molecule has 25 heavy (non-hydrogen) atoms. The van der Waals surface area contributed by atoms with E-state index in [9.17, 15) is 21.6 Å². The van der Waals surface area contributed by atoms with Crippen LogP contribution in [0.4, 0.5) is 13.2 Å². The summed E-state index contributed by atoms with van der Waals surface area (Å²) in [6.07, 6.45) is 3.66. The molecule has 1 aromatic heterocycles. The first-order valence-corrected chi connectivity index (χ1v) is 8.18. The van der Waals surface area contributed by atoms with Gasteiger partial charge in [-0.15, -0.1) is 12.3 Å². The number of carbonyl (C=O) groups is 1. The molecule has 2 heterocycles. The number of halogens is 3. The maximum Gasteiger partial charge on any atom is 0.490 e. The average Bonchev–Trinajstić information content (AvgIpc) is 3.07. The number of aliphatic carboxylic acids is 1. The third-order valence-electron chi connectivity index (χ3n) is 2.94. The van der Waals surface area contributed by atoms with Crippen molar-refractivity contribution in [2.24, 2.45) is 15.4 Å². The predicted octanol–water partition coefficient (Wildman–Crippen LogP) is 1.13. The number of primary sulfonamides is 1. The molecule has 0 amide bonds. The van der Waals surface area contributed by atoms with Gasteiger partial charge in [0.05, 0.1) is 0 Å². The van der Waals surface area contributed by atoms with E-state index in [-0.39, 0.29) is 10.7 Å². The average molecular weight is 381 g/mol. The zero-order valence-electron chi connectivity index (χ0n) is 12.6. The summed E-state index contributed by atoms with van der Waals surface area (Å²) < 4.78 is 55.3. The molecule has 1 aliphatic rings. The minimum atomic E-state index is -5.08. The number of sulfonamides is 1. The topological polar surface area (TPSA) is 140 Å². The summed E-state index contributed by atoms with van der Waals surface area (Å²) in [4.78, 5) is 8.90. The largest absolute Gasteiger partial charge is 0.490 e. The molecule has 0 unspecified atom stereocenters. The molecule has 13 heteroatoms. The van der Waals surface area contributed by atoms with E-state index >= 15 is 0 Å². The number of aromatic nitrogens is 2. The number of alkyl halides is 3. The van der Waals surface area contributed by atoms with Gasteiger partial charge in [-0.05, 0) is 6.07 Å². The Morgan fingerprint density at radius 2 is 1.96 bits per heavy atom. The second-order valence-electron chi connectivity index (χ2n) is 4.90. The van der Waals surface area contributed by atoms with Gasteiger partial charge in [0.1, 0.15) is 0 Å². The van der Waals surface area contributed by atoms with Crippen LogP contribution in [0.25, 0.3) is 0 Å². The molecule has 0 atom stereocenters. The summed E-state index contributed by atoms with van der Waals surface area (Å²) in [6.45, 7) is 0.521. The number of nitrogens with two attached hydrogens (primary N) is 1. The first-order valence-electron chi connectivity index (χ1n) is 6.63. The zero-order chi connectivity index (χ0) is 19.3. The zero-order valence-corrected chi connectivity index (χ0v) is 13.5. The molecule has 3 N–H and O–H groups in total. The van der Waals surface area contributed by atoms with Crippen molar-refractivity contribution in [3.05, 3.63) is 12.3 Å². The summed E-state index contributed by atoms with van der Waals surface area (Å²) in [7, 11) is -3.74. The van der Waals surface area contributed by atoms with E-state index < -0.39 is 22.2 Å². The highest BCUT2D eigenvalue weighted by molar-refractivity contribution is 7.89. The van der Waals surface area contributed by atoms with Crippen LogP contribution < -0.4 is 5.14 Å². The van der Waals surface area contributed by atoms with Crippen molar-refractivity contribution in [2.75, 3.05) is 0 Å². The molecule has 0 aromatic carbocycles. The van der Waals surface area contributed by atoms with Crippen molar-refractivity contribution in [3.8, 4) is 12.3 Å². The first kappa shape index (κ1) is 20.6. The highest BCUT2D eigenvalue weighted by atomic mass is 32.2. The highest BCUT2D eigenvalue weighted by Crippen LogP contribution is 2.36. The molecular formula is C12H14F3N5O4S. The second kappa shape index (κ2) is 7.62. The van der Waals surface area contributed by atoms with Crippen LogP contribution >= 0.6 is 0 Å². The number of nitrogens with zero attached hydrogens (tertiary/aromatic N) is 4. The molecule has 1 aromatic rings. The van der Waals surface area contributed by atoms with Gasteiger partial charge in [0.15, 0.2) is 10.7 Å². The van der Waals surface area contributed by atoms with Crippen LogP contribution in [0.1, 0.15) is 19.3 Å². The molecule has 0 saturated heterocycles. The van der Waals surface area contributed by atoms with Gasteiger partial charge in [0.2, 0.25) is 0 Å². The smallest absolute Gasteiger partial charge is 0.475 e. The number of carboxylic acid groups (broad SMARTS) is 1. The Hall–Kier alpha value is -2.46. The molecule has 0 fully saturated rings. The van der Waals surface area contributed by atoms with Gasteiger partial charge >= 0.3 is 12.1 Å². The Kier molecular flexibility index (Phi) is 6.27. The monoisotopic (exact) mass is 381 g/mol. The Labute approximate surface area is 140 Å². The maximum absolute atomic E-state index is 11.0. The van der Waals surface area contributed by atoms with Gasteiger partial charge in [-0.1, -0.05) is 0 Å². The first-order chi connectivity index (χ1) is 11.4. The number of carboxylic acids is 1. The molecule has 0 spiro atoms. The fourth-order valence-electron chi connectivity index (χ4n) is 1.58. The van der Waals surface area contributed by atoms with Crippen LogP contribution in [0.3, 0.4) is 0 Å². The van der Waals surface area contributed by atoms with Crippen LogP contribution in [0.15, 0.2) is 27.5 Å². The van der Waals surface area contributed by atoms with Crippen molar-refractivity contribution >= 4 is 16.0 Å². The quantitative estimate of drug-likeness (QED) is 0.711. The number of hydrogen-bond donors (Lipinski definition) is 2. The van der Waals surface area contributed by atoms with Gasteiger partial charge in [-0.3, -0.25) is 4.68 Å². The predicted molar refractivity (Wildman–Crippen MR) is 77.6 cm³/mol. The molecule has 2 rings (SSSR count). The third-order valence-corrected chi connectivity index (χ3v) is 3.74. The van der Waals surface area contributed by atoms with Crippen molar-refractivity contribution < 1.29 is 31.5 Å². The molecule has 0 radical (unpaired) electrons. The molecule has 0 bridgehead atoms. The molecule has 1 aliphatic heterocycles. The van der Waals surface area contributed by atoms with E-state index in [1.807, 2.05) is 0 Å². The SMILES string of the molecule is C#CCCC1(CCn2ccc(S(N)(=O)=O)n2)N=N1.O=C(O)C(F)(F)F. The van der Waals surface area contributed by atoms with Crippen molar-refractivity contribution in [3.63, 3.8) is 0 Å². The molecule has 0 aliphatic carbocycles. The minimum absolute atomic E-state index is 0.134. The number of terminal acetylenes is 1. The lowest BCUT2D eigenvalue weighted by Gasteiger charge is -2.08. The Morgan fingerprint density at radius 3 is 2.32 bits per heavy atom. The third kappa shape index (κ3) is 6.89. The van der Waals surface area contributed by atoms with E-state index in [0.717, 1.165) is 0 Å². The highest BCUT2D eigenvalue weighted by Gasteiger charge is 2.39. The number of hydrogen-bond acceptors (Lipinski definition) is 6. The van der Waals surface area contributed by atoms with Crippen molar-refractivity contribution in [2.45, 2.75) is 42.7 Å². The summed E-state index contributed by atoms with van der Waals surface area (Å²) in [5, 5.41) is 23.8. The van der Waals surface area contributed by atoms with Gasteiger partial charge in [-0.2, -0.15) is 28.5 Å². The summed E-state index contributed by atoms with van der Waals surface area (Å²) in [5.41, 5.74) is -0.389. The van der Waals surface area contributed by atoms with E-state index in [1.165, 1.54) is 10.7 Å². The van der Waals surface area contributed by atoms with Crippen LogP contribution in [0, 0.1) is 12.3 Å². The summed E-state index contributed by atoms with van der Waals surface area (Å²) in [6, 6.07) is 1.37. The molecule has 0 saturated carbocycles. The lowest BCUT2D eigenvalue weighted by molar-refractivity contribution is -0.192. The Bertz CT molecular complexity index is 788. The summed E-state index contributed by atoms with van der Waals surface area (Å²) in [5.74, 6) is -0.209. The fourth-order valence-corrected chi connectivity index (χ4v) is 2.05. The van der Waals surface area contributed by atoms with Gasteiger partial charge in [-0.25, -0.2) is 18.4 Å². The standard InChI is InChI=1S/C10H13N5O2S.C2HF3O2/c1-2-3-5-10(13-14-10)6-8-15-7-4-9(12-15)18(11,16)17;3-2(4,5)1(6)7/h1,4,7H,3,5-6,8H2,(H2,11,16,17);(H,6,7). The lowest BCUT2D eigenvalue weighted by Crippen LogP contribution is -2.21. The molecule has 138 valence electrons.